The monoisotopic (exact) mass is 499 g/mol. The Labute approximate surface area is 199 Å². The Morgan fingerprint density at radius 3 is 2.03 bits per heavy atom. The van der Waals surface area contributed by atoms with Crippen molar-refractivity contribution >= 4 is 29.6 Å². The van der Waals surface area contributed by atoms with Crippen LogP contribution < -0.4 is 4.74 Å². The molecule has 1 fully saturated rings. The van der Waals surface area contributed by atoms with Gasteiger partial charge in [0.15, 0.2) is 12.2 Å². The van der Waals surface area contributed by atoms with Crippen LogP contribution in [0.5, 0.6) is 5.75 Å². The van der Waals surface area contributed by atoms with Crippen molar-refractivity contribution in [2.24, 2.45) is 0 Å². The van der Waals surface area contributed by atoms with Crippen molar-refractivity contribution in [3.05, 3.63) is 33.9 Å². The number of hydrogen-bond donors (Lipinski definition) is 1. The zero-order valence-electron chi connectivity index (χ0n) is 19.3. The topological polar surface area (TPSA) is 187 Å². The Kier molecular flexibility index (Phi) is 9.48. The summed E-state index contributed by atoms with van der Waals surface area (Å²) >= 11 is 0. The van der Waals surface area contributed by atoms with E-state index in [1.807, 2.05) is 0 Å². The van der Waals surface area contributed by atoms with Gasteiger partial charge in [-0.3, -0.25) is 29.3 Å². The van der Waals surface area contributed by atoms with Gasteiger partial charge in [0.05, 0.1) is 17.1 Å². The Hall–Kier alpha value is -3.78. The quantitative estimate of drug-likeness (QED) is 0.215. The van der Waals surface area contributed by atoms with E-state index < -0.39 is 72.7 Å². The summed E-state index contributed by atoms with van der Waals surface area (Å²) in [6.45, 7) is 3.25. The largest absolute Gasteiger partial charge is 0.463 e. The zero-order valence-corrected chi connectivity index (χ0v) is 19.3. The number of nitro groups is 1. The second-order valence-corrected chi connectivity index (χ2v) is 7.39. The lowest BCUT2D eigenvalue weighted by Gasteiger charge is -2.43. The molecular weight excluding hydrogens is 474 g/mol. The summed E-state index contributed by atoms with van der Waals surface area (Å²) in [7, 11) is 0. The van der Waals surface area contributed by atoms with E-state index in [1.54, 1.807) is 0 Å². The third-order valence-electron chi connectivity index (χ3n) is 4.62. The second kappa shape index (κ2) is 12.1. The Balaban J connectivity index is 2.50. The lowest BCUT2D eigenvalue weighted by Crippen LogP contribution is -2.63. The van der Waals surface area contributed by atoms with Gasteiger partial charge in [-0.1, -0.05) is 0 Å². The molecule has 14 heteroatoms. The number of rotatable bonds is 9. The number of nitro benzene ring substituents is 1. The predicted molar refractivity (Wildman–Crippen MR) is 112 cm³/mol. The smallest absolute Gasteiger partial charge is 0.303 e. The summed E-state index contributed by atoms with van der Waals surface area (Å²) in [5.74, 6) is -3.12. The molecule has 0 amide bonds. The first-order valence-electron chi connectivity index (χ1n) is 10.3. The summed E-state index contributed by atoms with van der Waals surface area (Å²) in [5.41, 5.74) is -0.431. The number of benzene rings is 1. The van der Waals surface area contributed by atoms with Crippen molar-refractivity contribution in [1.82, 2.24) is 0 Å². The van der Waals surface area contributed by atoms with E-state index in [0.29, 0.717) is 0 Å². The summed E-state index contributed by atoms with van der Waals surface area (Å²) in [6.07, 6.45) is -7.00. The molecule has 0 radical (unpaired) electrons. The molecule has 192 valence electrons. The molecule has 0 aliphatic carbocycles. The van der Waals surface area contributed by atoms with E-state index in [-0.39, 0.29) is 17.0 Å². The molecule has 0 saturated carbocycles. The lowest BCUT2D eigenvalue weighted by molar-refractivity contribution is -0.385. The highest BCUT2D eigenvalue weighted by Crippen LogP contribution is 2.32. The van der Waals surface area contributed by atoms with Gasteiger partial charge in [0.2, 0.25) is 12.4 Å². The minimum atomic E-state index is -1.51. The van der Waals surface area contributed by atoms with E-state index >= 15 is 0 Å². The van der Waals surface area contributed by atoms with Crippen LogP contribution in [0.25, 0.3) is 0 Å². The van der Waals surface area contributed by atoms with Gasteiger partial charge in [0, 0.05) is 33.8 Å². The molecule has 0 bridgehead atoms. The Morgan fingerprint density at radius 1 is 0.943 bits per heavy atom. The Morgan fingerprint density at radius 2 is 1.51 bits per heavy atom. The molecule has 1 aromatic carbocycles. The molecule has 35 heavy (non-hydrogen) atoms. The normalized spacial score (nSPS) is 23.5. The van der Waals surface area contributed by atoms with Crippen molar-refractivity contribution in [2.75, 3.05) is 6.61 Å². The number of carbonyl (C=O) groups excluding carboxylic acids is 4. The number of ether oxygens (including phenoxy) is 6. The van der Waals surface area contributed by atoms with Crippen LogP contribution in [0.3, 0.4) is 0 Å². The van der Waals surface area contributed by atoms with Crippen LogP contribution >= 0.6 is 0 Å². The fourth-order valence-corrected chi connectivity index (χ4v) is 3.36. The van der Waals surface area contributed by atoms with Crippen LogP contribution in [0.2, 0.25) is 0 Å². The third kappa shape index (κ3) is 7.61. The standard InChI is InChI=1S/C21H25NO13/c1-10(24)30-9-17-18(31-11(2)25)19(32-12(3)26)20(33-13(4)27)21(35-17)34-15-5-6-16(22(28)29)14(7-15)8-23/h5-7,17-21,23H,8-9H2,1-4H3/t17-,18+,19+,20-,21-/m1/s1. The second-order valence-electron chi connectivity index (χ2n) is 7.39. The average molecular weight is 499 g/mol. The molecule has 0 spiro atoms. The summed E-state index contributed by atoms with van der Waals surface area (Å²) in [5, 5.41) is 20.6. The lowest BCUT2D eigenvalue weighted by atomic mass is 9.98. The van der Waals surface area contributed by atoms with E-state index in [2.05, 4.69) is 0 Å². The van der Waals surface area contributed by atoms with Crippen molar-refractivity contribution in [1.29, 1.82) is 0 Å². The highest BCUT2D eigenvalue weighted by atomic mass is 16.7. The number of aliphatic hydroxyl groups is 1. The van der Waals surface area contributed by atoms with Crippen LogP contribution in [0, 0.1) is 10.1 Å². The van der Waals surface area contributed by atoms with Gasteiger partial charge in [0.25, 0.3) is 5.69 Å². The van der Waals surface area contributed by atoms with Gasteiger partial charge in [-0.25, -0.2) is 0 Å². The molecule has 1 aliphatic rings. The highest BCUT2D eigenvalue weighted by Gasteiger charge is 2.53. The molecule has 1 N–H and O–H groups in total. The first-order valence-corrected chi connectivity index (χ1v) is 10.3. The molecule has 5 atom stereocenters. The molecule has 14 nitrogen and oxygen atoms in total. The number of esters is 4. The van der Waals surface area contributed by atoms with Crippen molar-refractivity contribution in [3.8, 4) is 5.75 Å². The van der Waals surface area contributed by atoms with Crippen molar-refractivity contribution < 1.29 is 57.6 Å². The summed E-state index contributed by atoms with van der Waals surface area (Å²) in [4.78, 5) is 57.2. The zero-order chi connectivity index (χ0) is 26.3. The molecule has 1 aliphatic heterocycles. The first-order chi connectivity index (χ1) is 16.4. The molecule has 0 aromatic heterocycles. The maximum Gasteiger partial charge on any atom is 0.303 e. The van der Waals surface area contributed by atoms with E-state index in [4.69, 9.17) is 28.4 Å². The van der Waals surface area contributed by atoms with Crippen LogP contribution in [0.15, 0.2) is 18.2 Å². The third-order valence-corrected chi connectivity index (χ3v) is 4.62. The SMILES string of the molecule is CC(=O)OC[C@H]1O[C@@H](Oc2ccc([N+](=O)[O-])c(CO)c2)[C@H](OC(C)=O)[C@@H](OC(C)=O)[C@H]1OC(C)=O. The van der Waals surface area contributed by atoms with Crippen molar-refractivity contribution in [2.45, 2.75) is 65.0 Å². The molecule has 0 unspecified atom stereocenters. The van der Waals surface area contributed by atoms with Gasteiger partial charge >= 0.3 is 23.9 Å². The fourth-order valence-electron chi connectivity index (χ4n) is 3.36. The molecule has 1 heterocycles. The molecule has 2 rings (SSSR count). The average Bonchev–Trinajstić information content (AvgIpc) is 2.75. The first kappa shape index (κ1) is 27.5. The molecular formula is C21H25NO13. The number of aliphatic hydroxyl groups excluding tert-OH is 1. The minimum Gasteiger partial charge on any atom is -0.463 e. The van der Waals surface area contributed by atoms with Gasteiger partial charge in [-0.15, -0.1) is 0 Å². The van der Waals surface area contributed by atoms with E-state index in [1.165, 1.54) is 12.1 Å². The Bertz CT molecular complexity index is 978. The van der Waals surface area contributed by atoms with E-state index in [9.17, 15) is 34.4 Å². The molecule has 1 aromatic rings. The maximum atomic E-state index is 11.8. The highest BCUT2D eigenvalue weighted by molar-refractivity contribution is 5.68. The van der Waals surface area contributed by atoms with Crippen LogP contribution in [0.4, 0.5) is 5.69 Å². The van der Waals surface area contributed by atoms with Gasteiger partial charge in [0.1, 0.15) is 18.5 Å². The number of hydrogen-bond acceptors (Lipinski definition) is 13. The summed E-state index contributed by atoms with van der Waals surface area (Å²) in [6, 6.07) is 3.48. The van der Waals surface area contributed by atoms with Gasteiger partial charge in [-0.05, 0) is 12.1 Å². The van der Waals surface area contributed by atoms with E-state index in [0.717, 1.165) is 33.8 Å². The minimum absolute atomic E-state index is 0.0273. The molecule has 1 saturated heterocycles. The van der Waals surface area contributed by atoms with Crippen molar-refractivity contribution in [3.63, 3.8) is 0 Å². The summed E-state index contributed by atoms with van der Waals surface area (Å²) < 4.78 is 32.3. The van der Waals surface area contributed by atoms with Crippen LogP contribution in [-0.2, 0) is 49.5 Å². The number of nitrogens with zero attached hydrogens (tertiary/aromatic N) is 1. The fraction of sp³-hybridized carbons (Fsp3) is 0.524. The van der Waals surface area contributed by atoms with Crippen LogP contribution in [0.1, 0.15) is 33.3 Å². The maximum absolute atomic E-state index is 11.8. The van der Waals surface area contributed by atoms with Crippen LogP contribution in [-0.4, -0.2) is 71.2 Å². The number of carbonyl (C=O) groups is 4. The predicted octanol–water partition coefficient (Wildman–Crippen LogP) is 0.549. The van der Waals surface area contributed by atoms with Gasteiger partial charge < -0.3 is 33.5 Å². The van der Waals surface area contributed by atoms with Gasteiger partial charge in [-0.2, -0.15) is 0 Å².